The highest BCUT2D eigenvalue weighted by molar-refractivity contribution is 7.91. The van der Waals surface area contributed by atoms with Crippen LogP contribution in [0.3, 0.4) is 0 Å². The van der Waals surface area contributed by atoms with Crippen molar-refractivity contribution in [2.75, 3.05) is 6.54 Å². The molecule has 1 N–H and O–H groups in total. The number of thiophene rings is 1. The van der Waals surface area contributed by atoms with Crippen LogP contribution in [0.5, 0.6) is 0 Å². The molecule has 0 fully saturated rings. The van der Waals surface area contributed by atoms with Gasteiger partial charge in [0.05, 0.1) is 11.5 Å². The van der Waals surface area contributed by atoms with Crippen molar-refractivity contribution in [3.05, 3.63) is 17.0 Å². The van der Waals surface area contributed by atoms with Crippen molar-refractivity contribution in [3.8, 4) is 6.07 Å². The summed E-state index contributed by atoms with van der Waals surface area (Å²) in [5.74, 6) is 0. The first kappa shape index (κ1) is 13.2. The summed E-state index contributed by atoms with van der Waals surface area (Å²) in [6.45, 7) is 5.34. The Hall–Kier alpha value is -0.900. The van der Waals surface area contributed by atoms with E-state index in [1.807, 2.05) is 13.0 Å². The molecule has 0 aliphatic carbocycles. The Morgan fingerprint density at radius 2 is 2.12 bits per heavy atom. The van der Waals surface area contributed by atoms with Gasteiger partial charge < -0.3 is 0 Å². The van der Waals surface area contributed by atoms with Crippen molar-refractivity contribution in [2.45, 2.75) is 25.0 Å². The maximum atomic E-state index is 11.8. The molecular formula is C10H14N2O2S2. The summed E-state index contributed by atoms with van der Waals surface area (Å²) in [6.07, 6.45) is 0. The summed E-state index contributed by atoms with van der Waals surface area (Å²) in [7, 11) is -3.47. The van der Waals surface area contributed by atoms with Gasteiger partial charge in [0.15, 0.2) is 0 Å². The first-order chi connectivity index (χ1) is 7.27. The van der Waals surface area contributed by atoms with Gasteiger partial charge in [-0.3, -0.25) is 0 Å². The minimum atomic E-state index is -3.47. The van der Waals surface area contributed by atoms with Crippen LogP contribution in [0.1, 0.15) is 18.7 Å². The zero-order valence-electron chi connectivity index (χ0n) is 9.44. The van der Waals surface area contributed by atoms with E-state index in [-0.39, 0.29) is 6.54 Å². The predicted octanol–water partition coefficient (Wildman–Crippen LogP) is 1.88. The molecule has 0 unspecified atom stereocenters. The number of aryl methyl sites for hydroxylation is 1. The van der Waals surface area contributed by atoms with Crippen molar-refractivity contribution >= 4 is 21.4 Å². The third-order valence-corrected chi connectivity index (χ3v) is 4.88. The van der Waals surface area contributed by atoms with Crippen molar-refractivity contribution < 1.29 is 8.42 Å². The lowest BCUT2D eigenvalue weighted by Crippen LogP contribution is -2.32. The summed E-state index contributed by atoms with van der Waals surface area (Å²) in [5, 5.41) is 8.78. The van der Waals surface area contributed by atoms with Crippen LogP contribution in [0.2, 0.25) is 0 Å². The number of nitrogens with one attached hydrogen (secondary N) is 1. The fourth-order valence-corrected chi connectivity index (χ4v) is 3.48. The Bertz CT molecular complexity index is 509. The molecule has 1 aromatic rings. The standard InChI is InChI=1S/C10H14N2O2S2/c1-8-4-5-9(15-8)16(13,14)12-7-10(2,3)6-11/h4-5,12H,7H2,1-3H3. The van der Waals surface area contributed by atoms with Crippen LogP contribution in [0.25, 0.3) is 0 Å². The molecule has 1 heterocycles. The molecular weight excluding hydrogens is 244 g/mol. The topological polar surface area (TPSA) is 70.0 Å². The van der Waals surface area contributed by atoms with Gasteiger partial charge >= 0.3 is 0 Å². The Kier molecular flexibility index (Phi) is 3.73. The quantitative estimate of drug-likeness (QED) is 0.896. The van der Waals surface area contributed by atoms with Gasteiger partial charge in [-0.2, -0.15) is 5.26 Å². The second-order valence-corrected chi connectivity index (χ2v) is 7.47. The van der Waals surface area contributed by atoms with Crippen molar-refractivity contribution in [1.29, 1.82) is 5.26 Å². The van der Waals surface area contributed by atoms with Crippen molar-refractivity contribution in [1.82, 2.24) is 4.72 Å². The average molecular weight is 258 g/mol. The summed E-state index contributed by atoms with van der Waals surface area (Å²) >= 11 is 1.22. The molecule has 0 amide bonds. The number of hydrogen-bond donors (Lipinski definition) is 1. The van der Waals surface area contributed by atoms with E-state index in [2.05, 4.69) is 4.72 Å². The monoisotopic (exact) mass is 258 g/mol. The van der Waals surface area contributed by atoms with Crippen LogP contribution >= 0.6 is 11.3 Å². The molecule has 0 saturated heterocycles. The Morgan fingerprint density at radius 3 is 2.56 bits per heavy atom. The Balaban J connectivity index is 2.79. The van der Waals surface area contributed by atoms with Gasteiger partial charge in [0.25, 0.3) is 0 Å². The van der Waals surface area contributed by atoms with Crippen molar-refractivity contribution in [3.63, 3.8) is 0 Å². The number of rotatable bonds is 4. The average Bonchev–Trinajstić information content (AvgIpc) is 2.63. The first-order valence-corrected chi connectivity index (χ1v) is 7.04. The lowest BCUT2D eigenvalue weighted by molar-refractivity contribution is 0.479. The number of nitriles is 1. The highest BCUT2D eigenvalue weighted by Crippen LogP contribution is 2.21. The van der Waals surface area contributed by atoms with E-state index >= 15 is 0 Å². The molecule has 0 aliphatic rings. The summed E-state index contributed by atoms with van der Waals surface area (Å²) in [4.78, 5) is 0.944. The van der Waals surface area contributed by atoms with Crippen LogP contribution in [0.15, 0.2) is 16.3 Å². The second-order valence-electron chi connectivity index (χ2n) is 4.19. The molecule has 88 valence electrons. The summed E-state index contributed by atoms with van der Waals surface area (Å²) in [6, 6.07) is 5.38. The number of nitrogens with zero attached hydrogens (tertiary/aromatic N) is 1. The molecule has 0 aromatic carbocycles. The number of hydrogen-bond acceptors (Lipinski definition) is 4. The molecule has 16 heavy (non-hydrogen) atoms. The SMILES string of the molecule is Cc1ccc(S(=O)(=O)NCC(C)(C)C#N)s1. The van der Waals surface area contributed by atoms with Gasteiger partial charge in [-0.15, -0.1) is 11.3 Å². The summed E-state index contributed by atoms with van der Waals surface area (Å²) < 4.78 is 26.3. The zero-order chi connectivity index (χ0) is 12.4. The van der Waals surface area contributed by atoms with Crippen molar-refractivity contribution in [2.24, 2.45) is 5.41 Å². The fraction of sp³-hybridized carbons (Fsp3) is 0.500. The first-order valence-electron chi connectivity index (χ1n) is 4.74. The molecule has 0 atom stereocenters. The lowest BCUT2D eigenvalue weighted by atomic mass is 9.97. The van der Waals surface area contributed by atoms with E-state index < -0.39 is 15.4 Å². The predicted molar refractivity (Wildman–Crippen MR) is 63.6 cm³/mol. The van der Waals surface area contributed by atoms with Crippen LogP contribution in [0.4, 0.5) is 0 Å². The highest BCUT2D eigenvalue weighted by atomic mass is 32.2. The molecule has 0 aliphatic heterocycles. The van der Waals surface area contributed by atoms with E-state index in [1.165, 1.54) is 11.3 Å². The van der Waals surface area contributed by atoms with E-state index in [1.54, 1.807) is 26.0 Å². The smallest absolute Gasteiger partial charge is 0.209 e. The van der Waals surface area contributed by atoms with Gasteiger partial charge in [0.2, 0.25) is 10.0 Å². The maximum absolute atomic E-state index is 11.8. The van der Waals surface area contributed by atoms with Gasteiger partial charge in [-0.25, -0.2) is 13.1 Å². The molecule has 6 heteroatoms. The highest BCUT2D eigenvalue weighted by Gasteiger charge is 2.22. The van der Waals surface area contributed by atoms with E-state index in [4.69, 9.17) is 5.26 Å². The minimum Gasteiger partial charge on any atom is -0.209 e. The maximum Gasteiger partial charge on any atom is 0.250 e. The van der Waals surface area contributed by atoms with Crippen LogP contribution in [0, 0.1) is 23.7 Å². The van der Waals surface area contributed by atoms with Gasteiger partial charge in [0, 0.05) is 11.4 Å². The molecule has 0 bridgehead atoms. The largest absolute Gasteiger partial charge is 0.250 e. The lowest BCUT2D eigenvalue weighted by Gasteiger charge is -2.15. The molecule has 4 nitrogen and oxygen atoms in total. The third-order valence-electron chi connectivity index (χ3n) is 1.99. The molecule has 1 aromatic heterocycles. The second kappa shape index (κ2) is 4.53. The van der Waals surface area contributed by atoms with Gasteiger partial charge in [-0.1, -0.05) is 0 Å². The molecule has 0 saturated carbocycles. The molecule has 1 rings (SSSR count). The van der Waals surface area contributed by atoms with Crippen LogP contribution < -0.4 is 4.72 Å². The van der Waals surface area contributed by atoms with E-state index in [0.717, 1.165) is 4.88 Å². The number of sulfonamides is 1. The molecule has 0 radical (unpaired) electrons. The molecule has 0 spiro atoms. The zero-order valence-corrected chi connectivity index (χ0v) is 11.1. The minimum absolute atomic E-state index is 0.114. The van der Waals surface area contributed by atoms with Gasteiger partial charge in [-0.05, 0) is 32.9 Å². The summed E-state index contributed by atoms with van der Waals surface area (Å²) in [5.41, 5.74) is -0.695. The Labute approximate surface area is 100.0 Å². The van der Waals surface area contributed by atoms with E-state index in [0.29, 0.717) is 4.21 Å². The van der Waals surface area contributed by atoms with Gasteiger partial charge in [0.1, 0.15) is 4.21 Å². The fourth-order valence-electron chi connectivity index (χ4n) is 0.943. The Morgan fingerprint density at radius 1 is 1.50 bits per heavy atom. The van der Waals surface area contributed by atoms with Crippen LogP contribution in [-0.4, -0.2) is 15.0 Å². The normalized spacial score (nSPS) is 12.4. The third kappa shape index (κ3) is 3.30. The van der Waals surface area contributed by atoms with Crippen LogP contribution in [-0.2, 0) is 10.0 Å². The van der Waals surface area contributed by atoms with E-state index in [9.17, 15) is 8.42 Å².